The lowest BCUT2D eigenvalue weighted by Gasteiger charge is -2.32. The van der Waals surface area contributed by atoms with Crippen LogP contribution in [0.3, 0.4) is 0 Å². The van der Waals surface area contributed by atoms with Crippen molar-refractivity contribution in [3.63, 3.8) is 0 Å². The van der Waals surface area contributed by atoms with Gasteiger partial charge in [-0.3, -0.25) is 14.5 Å². The van der Waals surface area contributed by atoms with Crippen molar-refractivity contribution in [2.24, 2.45) is 5.92 Å². The van der Waals surface area contributed by atoms with E-state index in [2.05, 4.69) is 12.2 Å². The summed E-state index contributed by atoms with van der Waals surface area (Å²) in [4.78, 5) is 26.7. The third-order valence-corrected chi connectivity index (χ3v) is 8.23. The molecule has 2 heterocycles. The Morgan fingerprint density at radius 1 is 1.17 bits per heavy atom. The molecule has 4 rings (SSSR count). The lowest BCUT2D eigenvalue weighted by molar-refractivity contribution is -0.126. The van der Waals surface area contributed by atoms with Crippen LogP contribution in [0.2, 0.25) is 0 Å². The average Bonchev–Trinajstić information content (AvgIpc) is 3.27. The second-order valence-electron chi connectivity index (χ2n) is 8.45. The molecule has 2 amide bonds. The Balaban J connectivity index is 1.55. The highest BCUT2D eigenvalue weighted by atomic mass is 32.2. The molecule has 2 aliphatic heterocycles. The predicted molar refractivity (Wildman–Crippen MR) is 112 cm³/mol. The fourth-order valence-electron chi connectivity index (χ4n) is 4.52. The van der Waals surface area contributed by atoms with Crippen molar-refractivity contribution in [1.82, 2.24) is 9.62 Å². The molecular weight excluding hydrogens is 406 g/mol. The molecule has 0 aromatic heterocycles. The van der Waals surface area contributed by atoms with Gasteiger partial charge in [0.25, 0.3) is 5.91 Å². The van der Waals surface area contributed by atoms with Gasteiger partial charge in [-0.2, -0.15) is 4.31 Å². The van der Waals surface area contributed by atoms with Gasteiger partial charge >= 0.3 is 0 Å². The summed E-state index contributed by atoms with van der Waals surface area (Å²) in [6, 6.07) is 4.64. The van der Waals surface area contributed by atoms with Gasteiger partial charge < -0.3 is 10.1 Å². The summed E-state index contributed by atoms with van der Waals surface area (Å²) in [7, 11) is -3.63. The smallest absolute Gasteiger partial charge is 0.265 e. The van der Waals surface area contributed by atoms with E-state index in [1.807, 2.05) is 0 Å². The minimum absolute atomic E-state index is 0.115. The van der Waals surface area contributed by atoms with Gasteiger partial charge in [-0.05, 0) is 49.8 Å². The Labute approximate surface area is 177 Å². The van der Waals surface area contributed by atoms with Gasteiger partial charge in [0.1, 0.15) is 12.3 Å². The summed E-state index contributed by atoms with van der Waals surface area (Å²) in [6.07, 6.45) is 5.99. The predicted octanol–water partition coefficient (Wildman–Crippen LogP) is 1.89. The van der Waals surface area contributed by atoms with Crippen LogP contribution in [0.5, 0.6) is 5.75 Å². The van der Waals surface area contributed by atoms with Crippen LogP contribution >= 0.6 is 0 Å². The van der Waals surface area contributed by atoms with Gasteiger partial charge in [0.15, 0.2) is 6.61 Å². The van der Waals surface area contributed by atoms with Crippen molar-refractivity contribution >= 4 is 27.5 Å². The summed E-state index contributed by atoms with van der Waals surface area (Å²) >= 11 is 0. The minimum Gasteiger partial charge on any atom is -0.482 e. The van der Waals surface area contributed by atoms with E-state index in [-0.39, 0.29) is 35.9 Å². The van der Waals surface area contributed by atoms with Crippen molar-refractivity contribution in [3.8, 4) is 5.75 Å². The molecule has 0 bridgehead atoms. The molecule has 2 atom stereocenters. The summed E-state index contributed by atoms with van der Waals surface area (Å²) in [5, 5.41) is 3.06. The number of amides is 2. The Bertz CT molecular complexity index is 927. The van der Waals surface area contributed by atoms with E-state index in [0.29, 0.717) is 30.4 Å². The molecule has 0 spiro atoms. The number of hydrogen-bond acceptors (Lipinski definition) is 5. The number of hydrogen-bond donors (Lipinski definition) is 1. The van der Waals surface area contributed by atoms with Gasteiger partial charge in [0, 0.05) is 19.1 Å². The van der Waals surface area contributed by atoms with Gasteiger partial charge in [-0.25, -0.2) is 8.42 Å². The van der Waals surface area contributed by atoms with Crippen molar-refractivity contribution in [2.45, 2.75) is 56.4 Å². The topological polar surface area (TPSA) is 96.0 Å². The summed E-state index contributed by atoms with van der Waals surface area (Å²) in [5.41, 5.74) is 0.332. The zero-order valence-electron chi connectivity index (χ0n) is 17.3. The largest absolute Gasteiger partial charge is 0.482 e. The fraction of sp³-hybridized carbons (Fsp3) is 0.619. The normalized spacial score (nSPS) is 25.0. The first-order valence-corrected chi connectivity index (χ1v) is 12.2. The SMILES string of the molecule is C[C@H]1CCCC[C@@H]1NC(=O)CN1C(=O)COc2ccc(S(=O)(=O)N3CCCC3)cc21. The number of anilines is 1. The summed E-state index contributed by atoms with van der Waals surface area (Å²) < 4.78 is 32.8. The number of carbonyl (C=O) groups is 2. The standard InChI is InChI=1S/C21H29N3O5S/c1-15-6-2-3-7-17(15)22-20(25)13-24-18-12-16(8-9-19(18)29-14-21(24)26)30(27,28)23-10-4-5-11-23/h8-9,12,15,17H,2-7,10-11,13-14H2,1H3,(H,22,25)/t15-,17-/m0/s1. The maximum absolute atomic E-state index is 12.9. The molecule has 1 aliphatic carbocycles. The highest BCUT2D eigenvalue weighted by molar-refractivity contribution is 7.89. The van der Waals surface area contributed by atoms with Gasteiger partial charge in [-0.1, -0.05) is 19.8 Å². The number of benzene rings is 1. The number of ether oxygens (including phenoxy) is 1. The van der Waals surface area contributed by atoms with Gasteiger partial charge in [-0.15, -0.1) is 0 Å². The molecule has 1 saturated carbocycles. The molecule has 2 fully saturated rings. The van der Waals surface area contributed by atoms with Crippen LogP contribution in [0.15, 0.2) is 23.1 Å². The van der Waals surface area contributed by atoms with Crippen molar-refractivity contribution in [1.29, 1.82) is 0 Å². The van der Waals surface area contributed by atoms with Crippen LogP contribution in [-0.2, 0) is 19.6 Å². The Hall–Kier alpha value is -2.13. The number of fused-ring (bicyclic) bond motifs is 1. The third kappa shape index (κ3) is 4.18. The number of sulfonamides is 1. The van der Waals surface area contributed by atoms with Crippen LogP contribution in [0.25, 0.3) is 0 Å². The van der Waals surface area contributed by atoms with Crippen LogP contribution in [-0.4, -0.2) is 56.8 Å². The maximum atomic E-state index is 12.9. The highest BCUT2D eigenvalue weighted by Crippen LogP contribution is 2.35. The van der Waals surface area contributed by atoms with E-state index in [1.165, 1.54) is 27.8 Å². The third-order valence-electron chi connectivity index (χ3n) is 6.34. The fourth-order valence-corrected chi connectivity index (χ4v) is 6.06. The number of nitrogens with one attached hydrogen (secondary N) is 1. The van der Waals surface area contributed by atoms with E-state index >= 15 is 0 Å². The molecule has 1 aromatic rings. The molecule has 3 aliphatic rings. The van der Waals surface area contributed by atoms with Gasteiger partial charge in [0.05, 0.1) is 10.6 Å². The lowest BCUT2D eigenvalue weighted by atomic mass is 9.86. The van der Waals surface area contributed by atoms with Crippen molar-refractivity contribution < 1.29 is 22.7 Å². The first-order chi connectivity index (χ1) is 14.4. The summed E-state index contributed by atoms with van der Waals surface area (Å²) in [5.74, 6) is 0.231. The minimum atomic E-state index is -3.63. The molecule has 1 saturated heterocycles. The quantitative estimate of drug-likeness (QED) is 0.762. The van der Waals surface area contributed by atoms with E-state index < -0.39 is 10.0 Å². The molecule has 30 heavy (non-hydrogen) atoms. The van der Waals surface area contributed by atoms with Crippen LogP contribution in [0.1, 0.15) is 45.4 Å². The molecule has 0 radical (unpaired) electrons. The van der Waals surface area contributed by atoms with Crippen LogP contribution in [0, 0.1) is 5.92 Å². The zero-order chi connectivity index (χ0) is 21.3. The number of carbonyl (C=O) groups excluding carboxylic acids is 2. The lowest BCUT2D eigenvalue weighted by Crippen LogP contribution is -2.49. The van der Waals surface area contributed by atoms with Gasteiger partial charge in [0.2, 0.25) is 15.9 Å². The maximum Gasteiger partial charge on any atom is 0.265 e. The average molecular weight is 436 g/mol. The van der Waals surface area contributed by atoms with Crippen LogP contribution < -0.4 is 15.0 Å². The van der Waals surface area contributed by atoms with E-state index in [1.54, 1.807) is 6.07 Å². The molecule has 164 valence electrons. The highest BCUT2D eigenvalue weighted by Gasteiger charge is 2.33. The first kappa shape index (κ1) is 21.1. The zero-order valence-corrected chi connectivity index (χ0v) is 18.1. The van der Waals surface area contributed by atoms with E-state index in [9.17, 15) is 18.0 Å². The molecule has 0 unspecified atom stereocenters. The van der Waals surface area contributed by atoms with Crippen molar-refractivity contribution in [3.05, 3.63) is 18.2 Å². The number of nitrogens with zero attached hydrogens (tertiary/aromatic N) is 2. The second-order valence-corrected chi connectivity index (χ2v) is 10.4. The van der Waals surface area contributed by atoms with Crippen molar-refractivity contribution in [2.75, 3.05) is 31.1 Å². The second kappa shape index (κ2) is 8.55. The summed E-state index contributed by atoms with van der Waals surface area (Å²) in [6.45, 7) is 2.82. The monoisotopic (exact) mass is 435 g/mol. The molecular formula is C21H29N3O5S. The van der Waals surface area contributed by atoms with E-state index in [0.717, 1.165) is 32.1 Å². The molecule has 8 nitrogen and oxygen atoms in total. The Kier molecular flexibility index (Phi) is 6.02. The van der Waals surface area contributed by atoms with E-state index in [4.69, 9.17) is 4.74 Å². The molecule has 9 heteroatoms. The first-order valence-electron chi connectivity index (χ1n) is 10.7. The Morgan fingerprint density at radius 3 is 2.63 bits per heavy atom. The molecule has 1 aromatic carbocycles. The van der Waals surface area contributed by atoms with Crippen LogP contribution in [0.4, 0.5) is 5.69 Å². The number of rotatable bonds is 5. The molecule has 1 N–H and O–H groups in total. The Morgan fingerprint density at radius 2 is 1.90 bits per heavy atom.